The molecular weight excluding hydrogens is 324 g/mol. The number of amides is 1. The van der Waals surface area contributed by atoms with Crippen molar-refractivity contribution in [2.24, 2.45) is 5.92 Å². The highest BCUT2D eigenvalue weighted by atomic mass is 35.7. The van der Waals surface area contributed by atoms with Crippen LogP contribution in [0.25, 0.3) is 0 Å². The highest BCUT2D eigenvalue weighted by Gasteiger charge is 2.34. The lowest BCUT2D eigenvalue weighted by Gasteiger charge is -2.29. The minimum absolute atomic E-state index is 0.00639. The highest BCUT2D eigenvalue weighted by Crippen LogP contribution is 2.25. The van der Waals surface area contributed by atoms with Gasteiger partial charge in [-0.1, -0.05) is 30.3 Å². The standard InChI is InChI=1S/C15H21ClN2O3S/c1-17(2)14(13-6-4-3-5-7-13)10-18-9-12(8-15(18)19)11-22(16,20)21/h3-7,12,14H,8-11H2,1-2H3. The molecule has 1 heterocycles. The SMILES string of the molecule is CN(C)C(CN1CC(CS(=O)(=O)Cl)CC1=O)c1ccccc1. The summed E-state index contributed by atoms with van der Waals surface area (Å²) in [7, 11) is 5.67. The minimum Gasteiger partial charge on any atom is -0.340 e. The van der Waals surface area contributed by atoms with Gasteiger partial charge in [-0.3, -0.25) is 4.79 Å². The Balaban J connectivity index is 2.06. The van der Waals surface area contributed by atoms with Crippen LogP contribution in [0.4, 0.5) is 0 Å². The molecule has 122 valence electrons. The molecule has 0 saturated carbocycles. The predicted molar refractivity (Wildman–Crippen MR) is 87.2 cm³/mol. The van der Waals surface area contributed by atoms with Gasteiger partial charge in [-0.05, 0) is 19.7 Å². The Morgan fingerprint density at radius 3 is 2.50 bits per heavy atom. The molecule has 0 bridgehead atoms. The number of carbonyl (C=O) groups is 1. The van der Waals surface area contributed by atoms with Crippen molar-refractivity contribution in [1.82, 2.24) is 9.80 Å². The van der Waals surface area contributed by atoms with Crippen LogP contribution in [0.2, 0.25) is 0 Å². The number of rotatable bonds is 6. The van der Waals surface area contributed by atoms with Gasteiger partial charge in [-0.2, -0.15) is 0 Å². The van der Waals surface area contributed by atoms with E-state index in [9.17, 15) is 13.2 Å². The average Bonchev–Trinajstić information content (AvgIpc) is 2.74. The lowest BCUT2D eigenvalue weighted by molar-refractivity contribution is -0.128. The summed E-state index contributed by atoms with van der Waals surface area (Å²) in [5.74, 6) is -0.365. The molecule has 0 radical (unpaired) electrons. The van der Waals surface area contributed by atoms with Gasteiger partial charge < -0.3 is 9.80 Å². The largest absolute Gasteiger partial charge is 0.340 e. The number of likely N-dealkylation sites (N-methyl/N-ethyl adjacent to an activating group) is 1. The topological polar surface area (TPSA) is 57.7 Å². The molecule has 2 unspecified atom stereocenters. The number of carbonyl (C=O) groups excluding carboxylic acids is 1. The molecule has 0 spiro atoms. The van der Waals surface area contributed by atoms with Crippen LogP contribution in [0.1, 0.15) is 18.0 Å². The highest BCUT2D eigenvalue weighted by molar-refractivity contribution is 8.13. The molecule has 0 aromatic heterocycles. The van der Waals surface area contributed by atoms with Gasteiger partial charge in [-0.25, -0.2) is 8.42 Å². The molecule has 1 amide bonds. The first-order chi connectivity index (χ1) is 10.3. The van der Waals surface area contributed by atoms with Gasteiger partial charge >= 0.3 is 0 Å². The van der Waals surface area contributed by atoms with Crippen LogP contribution >= 0.6 is 10.7 Å². The van der Waals surface area contributed by atoms with Crippen LogP contribution in [0.5, 0.6) is 0 Å². The first kappa shape index (κ1) is 17.2. The zero-order chi connectivity index (χ0) is 16.3. The van der Waals surface area contributed by atoms with E-state index < -0.39 is 9.05 Å². The Kier molecular flexibility index (Phi) is 5.47. The van der Waals surface area contributed by atoms with Crippen molar-refractivity contribution in [1.29, 1.82) is 0 Å². The number of benzene rings is 1. The number of likely N-dealkylation sites (tertiary alicyclic amines) is 1. The van der Waals surface area contributed by atoms with Gasteiger partial charge in [0.1, 0.15) is 0 Å². The van der Waals surface area contributed by atoms with Gasteiger partial charge in [0.2, 0.25) is 15.0 Å². The van der Waals surface area contributed by atoms with Crippen molar-refractivity contribution < 1.29 is 13.2 Å². The second kappa shape index (κ2) is 6.98. The Morgan fingerprint density at radius 1 is 1.32 bits per heavy atom. The maximum absolute atomic E-state index is 12.1. The molecule has 5 nitrogen and oxygen atoms in total. The Hall–Kier alpha value is -1.11. The Morgan fingerprint density at radius 2 is 1.95 bits per heavy atom. The maximum atomic E-state index is 12.1. The second-order valence-electron chi connectivity index (χ2n) is 5.96. The molecule has 22 heavy (non-hydrogen) atoms. The number of halogens is 1. The number of nitrogens with zero attached hydrogens (tertiary/aromatic N) is 2. The van der Waals surface area contributed by atoms with E-state index >= 15 is 0 Å². The summed E-state index contributed by atoms with van der Waals surface area (Å²) in [6.45, 7) is 0.997. The van der Waals surface area contributed by atoms with Crippen LogP contribution in [0, 0.1) is 5.92 Å². The van der Waals surface area contributed by atoms with Crippen LogP contribution in [-0.2, 0) is 13.8 Å². The lowest BCUT2D eigenvalue weighted by atomic mass is 10.1. The molecule has 1 fully saturated rings. The molecule has 1 saturated heterocycles. The van der Waals surface area contributed by atoms with Crippen molar-refractivity contribution in [2.45, 2.75) is 12.5 Å². The van der Waals surface area contributed by atoms with E-state index in [2.05, 4.69) is 4.90 Å². The smallest absolute Gasteiger partial charge is 0.232 e. The average molecular weight is 345 g/mol. The number of hydrogen-bond donors (Lipinski definition) is 0. The third-order valence-electron chi connectivity index (χ3n) is 3.93. The zero-order valence-corrected chi connectivity index (χ0v) is 14.3. The zero-order valence-electron chi connectivity index (χ0n) is 12.8. The molecule has 0 N–H and O–H groups in total. The fraction of sp³-hybridized carbons (Fsp3) is 0.533. The number of hydrogen-bond acceptors (Lipinski definition) is 4. The van der Waals surface area contributed by atoms with Crippen LogP contribution in [0.15, 0.2) is 30.3 Å². The fourth-order valence-electron chi connectivity index (χ4n) is 2.87. The molecule has 7 heteroatoms. The molecule has 1 aromatic rings. The van der Waals surface area contributed by atoms with Crippen LogP contribution in [-0.4, -0.2) is 57.1 Å². The monoisotopic (exact) mass is 344 g/mol. The van der Waals surface area contributed by atoms with Gasteiger partial charge in [0.25, 0.3) is 0 Å². The first-order valence-corrected chi connectivity index (χ1v) is 9.65. The summed E-state index contributed by atoms with van der Waals surface area (Å²) in [6.07, 6.45) is 0.251. The predicted octanol–water partition coefficient (Wildman–Crippen LogP) is 1.71. The summed E-state index contributed by atoms with van der Waals surface area (Å²) in [5.41, 5.74) is 1.13. The molecule has 2 rings (SSSR count). The van der Waals surface area contributed by atoms with Crippen molar-refractivity contribution >= 4 is 25.6 Å². The Labute approximate surface area is 136 Å². The van der Waals surface area contributed by atoms with Crippen molar-refractivity contribution in [2.75, 3.05) is 32.9 Å². The molecular formula is C15H21ClN2O3S. The molecule has 2 atom stereocenters. The van der Waals surface area contributed by atoms with Crippen molar-refractivity contribution in [3.8, 4) is 0 Å². The van der Waals surface area contributed by atoms with Gasteiger partial charge in [-0.15, -0.1) is 0 Å². The van der Waals surface area contributed by atoms with Gasteiger partial charge in [0, 0.05) is 36.1 Å². The van der Waals surface area contributed by atoms with Gasteiger partial charge in [0.15, 0.2) is 0 Å². The second-order valence-corrected chi connectivity index (χ2v) is 8.79. The van der Waals surface area contributed by atoms with Crippen LogP contribution < -0.4 is 0 Å². The van der Waals surface area contributed by atoms with Crippen molar-refractivity contribution in [3.63, 3.8) is 0 Å². The Bertz CT molecular complexity index is 619. The van der Waals surface area contributed by atoms with Crippen molar-refractivity contribution in [3.05, 3.63) is 35.9 Å². The van der Waals surface area contributed by atoms with E-state index in [0.717, 1.165) is 5.56 Å². The molecule has 1 aliphatic heterocycles. The summed E-state index contributed by atoms with van der Waals surface area (Å²) < 4.78 is 22.4. The molecule has 0 aliphatic carbocycles. The van der Waals surface area contributed by atoms with E-state index in [1.165, 1.54) is 0 Å². The van der Waals surface area contributed by atoms with Crippen LogP contribution in [0.3, 0.4) is 0 Å². The minimum atomic E-state index is -3.57. The molecule has 1 aliphatic rings. The third kappa shape index (κ3) is 4.69. The third-order valence-corrected chi connectivity index (χ3v) is 5.18. The first-order valence-electron chi connectivity index (χ1n) is 7.18. The quantitative estimate of drug-likeness (QED) is 0.737. The summed E-state index contributed by atoms with van der Waals surface area (Å²) >= 11 is 0. The van der Waals surface area contributed by atoms with E-state index in [4.69, 9.17) is 10.7 Å². The normalized spacial score (nSPS) is 20.6. The van der Waals surface area contributed by atoms with E-state index in [-0.39, 0.29) is 30.0 Å². The summed E-state index contributed by atoms with van der Waals surface area (Å²) in [5, 5.41) is 0. The van der Waals surface area contributed by atoms with E-state index in [1.54, 1.807) is 4.90 Å². The summed E-state index contributed by atoms with van der Waals surface area (Å²) in [6, 6.07) is 10.0. The molecule has 1 aromatic carbocycles. The summed E-state index contributed by atoms with van der Waals surface area (Å²) in [4.78, 5) is 15.9. The van der Waals surface area contributed by atoms with Gasteiger partial charge in [0.05, 0.1) is 11.8 Å². The van der Waals surface area contributed by atoms with E-state index in [0.29, 0.717) is 13.1 Å². The fourth-order valence-corrected chi connectivity index (χ4v) is 4.20. The van der Waals surface area contributed by atoms with E-state index in [1.807, 2.05) is 44.4 Å². The lowest BCUT2D eigenvalue weighted by Crippen LogP contribution is -2.36. The maximum Gasteiger partial charge on any atom is 0.232 e.